The number of aliphatic carboxylic acids is 1. The molecule has 5 rings (SSSR count). The van der Waals surface area contributed by atoms with Crippen LogP contribution in [0.1, 0.15) is 57.3 Å². The first-order chi connectivity index (χ1) is 19.9. The van der Waals surface area contributed by atoms with Gasteiger partial charge in [-0.25, -0.2) is 0 Å². The highest BCUT2D eigenvalue weighted by Crippen LogP contribution is 2.51. The van der Waals surface area contributed by atoms with E-state index in [0.717, 1.165) is 0 Å². The summed E-state index contributed by atoms with van der Waals surface area (Å²) < 4.78 is 24.2. The van der Waals surface area contributed by atoms with Crippen molar-refractivity contribution in [2.75, 3.05) is 38.8 Å². The van der Waals surface area contributed by atoms with Crippen molar-refractivity contribution in [3.63, 3.8) is 0 Å². The van der Waals surface area contributed by atoms with Gasteiger partial charge in [0.25, 0.3) is 5.91 Å². The monoisotopic (exact) mass is 600 g/mol. The Morgan fingerprint density at radius 1 is 1.10 bits per heavy atom. The smallest absolute Gasteiger partial charge is 0.306 e. The van der Waals surface area contributed by atoms with Gasteiger partial charge in [-0.1, -0.05) is 44.5 Å². The number of amides is 2. The number of methoxy groups -OCH3 is 2. The highest BCUT2D eigenvalue weighted by molar-refractivity contribution is 6.31. The van der Waals surface area contributed by atoms with E-state index in [9.17, 15) is 19.5 Å². The number of carbonyl (C=O) groups is 3. The normalized spacial score (nSPS) is 22.6. The molecule has 0 radical (unpaired) electrons. The van der Waals surface area contributed by atoms with Crippen LogP contribution in [-0.4, -0.2) is 73.9 Å². The van der Waals surface area contributed by atoms with Gasteiger partial charge in [-0.3, -0.25) is 19.3 Å². The maximum atomic E-state index is 14.5. The Bertz CT molecular complexity index is 1380. The average molecular weight is 601 g/mol. The zero-order valence-electron chi connectivity index (χ0n) is 24.5. The Labute approximate surface area is 250 Å². The second-order valence-corrected chi connectivity index (χ2v) is 12.5. The Kier molecular flexibility index (Phi) is 8.31. The molecule has 1 saturated heterocycles. The highest BCUT2D eigenvalue weighted by Gasteiger charge is 2.48. The molecule has 3 aliphatic rings. The number of rotatable bonds is 6. The quantitative estimate of drug-likeness (QED) is 0.507. The maximum Gasteiger partial charge on any atom is 0.306 e. The number of carboxylic acids is 1. The molecule has 0 aromatic heterocycles. The lowest BCUT2D eigenvalue weighted by atomic mass is 9.84. The largest absolute Gasteiger partial charge is 0.493 e. The topological polar surface area (TPSA) is 115 Å². The van der Waals surface area contributed by atoms with Crippen molar-refractivity contribution >= 4 is 35.1 Å². The van der Waals surface area contributed by atoms with Crippen LogP contribution in [0.3, 0.4) is 0 Å². The summed E-state index contributed by atoms with van der Waals surface area (Å²) in [5.74, 6) is -0.561. The number of carboxylic acid groups (broad SMARTS) is 1. The van der Waals surface area contributed by atoms with Gasteiger partial charge in [-0.15, -0.1) is 0 Å². The molecule has 226 valence electrons. The minimum absolute atomic E-state index is 0.204. The van der Waals surface area contributed by atoms with Gasteiger partial charge in [0.05, 0.1) is 38.3 Å². The van der Waals surface area contributed by atoms with Gasteiger partial charge in [0, 0.05) is 35.3 Å². The van der Waals surface area contributed by atoms with Crippen LogP contribution < -0.4 is 19.1 Å². The summed E-state index contributed by atoms with van der Waals surface area (Å²) in [7, 11) is 3.07. The molecule has 3 aliphatic heterocycles. The molecule has 3 heterocycles. The van der Waals surface area contributed by atoms with Crippen molar-refractivity contribution in [2.45, 2.75) is 58.3 Å². The third-order valence-electron chi connectivity index (χ3n) is 8.39. The van der Waals surface area contributed by atoms with Crippen LogP contribution in [-0.2, 0) is 19.1 Å². The fourth-order valence-electron chi connectivity index (χ4n) is 6.07. The van der Waals surface area contributed by atoms with Crippen molar-refractivity contribution in [1.29, 1.82) is 0 Å². The molecular formula is C31H37ClN2O8. The van der Waals surface area contributed by atoms with E-state index in [2.05, 4.69) is 0 Å². The van der Waals surface area contributed by atoms with Gasteiger partial charge < -0.3 is 29.0 Å². The molecule has 2 aromatic rings. The van der Waals surface area contributed by atoms with Crippen LogP contribution in [0.2, 0.25) is 5.02 Å². The number of ether oxygens (including phenoxy) is 4. The van der Waals surface area contributed by atoms with Crippen LogP contribution in [0.5, 0.6) is 17.2 Å². The number of likely N-dealkylation sites (tertiary alicyclic amines) is 1. The molecule has 0 spiro atoms. The lowest BCUT2D eigenvalue weighted by molar-refractivity contribution is -0.148. The fraction of sp³-hybridized carbons (Fsp3) is 0.516. The average Bonchev–Trinajstić information content (AvgIpc) is 3.07. The van der Waals surface area contributed by atoms with Crippen LogP contribution >= 0.6 is 11.6 Å². The van der Waals surface area contributed by atoms with Gasteiger partial charge in [-0.2, -0.15) is 0 Å². The van der Waals surface area contributed by atoms with Crippen molar-refractivity contribution in [1.82, 2.24) is 4.90 Å². The van der Waals surface area contributed by atoms with Crippen LogP contribution in [0.4, 0.5) is 5.69 Å². The second kappa shape index (κ2) is 11.6. The molecule has 1 fully saturated rings. The van der Waals surface area contributed by atoms with E-state index in [4.69, 9.17) is 30.5 Å². The van der Waals surface area contributed by atoms with Gasteiger partial charge in [0.15, 0.2) is 11.5 Å². The van der Waals surface area contributed by atoms with E-state index in [1.165, 1.54) is 7.11 Å². The summed E-state index contributed by atoms with van der Waals surface area (Å²) in [6, 6.07) is 8.51. The van der Waals surface area contributed by atoms with E-state index in [0.29, 0.717) is 65.0 Å². The molecule has 2 aromatic carbocycles. The minimum atomic E-state index is -1.14. The van der Waals surface area contributed by atoms with Gasteiger partial charge in [0.2, 0.25) is 5.91 Å². The summed E-state index contributed by atoms with van der Waals surface area (Å²) in [6.07, 6.45) is -1.46. The summed E-state index contributed by atoms with van der Waals surface area (Å²) in [4.78, 5) is 42.9. The van der Waals surface area contributed by atoms with Crippen LogP contribution in [0, 0.1) is 11.3 Å². The first-order valence-corrected chi connectivity index (χ1v) is 14.5. The fourth-order valence-corrected chi connectivity index (χ4v) is 6.29. The molecule has 3 atom stereocenters. The molecule has 11 heteroatoms. The van der Waals surface area contributed by atoms with E-state index < -0.39 is 24.1 Å². The molecular weight excluding hydrogens is 564 g/mol. The number of para-hydroxylation sites is 1. The van der Waals surface area contributed by atoms with Crippen LogP contribution in [0.15, 0.2) is 30.3 Å². The van der Waals surface area contributed by atoms with Crippen molar-refractivity contribution in [2.24, 2.45) is 11.3 Å². The third-order valence-corrected chi connectivity index (χ3v) is 8.60. The first-order valence-electron chi connectivity index (χ1n) is 14.1. The number of nitrogens with zero attached hydrogens (tertiary/aromatic N) is 2. The molecule has 1 N–H and O–H groups in total. The molecule has 42 heavy (non-hydrogen) atoms. The predicted octanol–water partition coefficient (Wildman–Crippen LogP) is 4.70. The Hall–Kier alpha value is -3.50. The van der Waals surface area contributed by atoms with Gasteiger partial charge in [0.1, 0.15) is 24.6 Å². The zero-order valence-corrected chi connectivity index (χ0v) is 25.3. The summed E-state index contributed by atoms with van der Waals surface area (Å²) in [5.41, 5.74) is 1.41. The minimum Gasteiger partial charge on any atom is -0.493 e. The number of hydrogen-bond acceptors (Lipinski definition) is 7. The molecule has 0 bridgehead atoms. The van der Waals surface area contributed by atoms with E-state index in [1.807, 2.05) is 32.9 Å². The van der Waals surface area contributed by atoms with E-state index >= 15 is 0 Å². The van der Waals surface area contributed by atoms with E-state index in [1.54, 1.807) is 35.1 Å². The van der Waals surface area contributed by atoms with Gasteiger partial charge >= 0.3 is 5.97 Å². The lowest BCUT2D eigenvalue weighted by Crippen LogP contribution is -2.56. The van der Waals surface area contributed by atoms with Crippen molar-refractivity contribution in [3.8, 4) is 17.2 Å². The summed E-state index contributed by atoms with van der Waals surface area (Å²) >= 11 is 6.59. The van der Waals surface area contributed by atoms with Crippen molar-refractivity contribution < 1.29 is 38.4 Å². The molecule has 2 amide bonds. The van der Waals surface area contributed by atoms with Crippen molar-refractivity contribution in [3.05, 3.63) is 46.5 Å². The maximum absolute atomic E-state index is 14.5. The Morgan fingerprint density at radius 2 is 1.81 bits per heavy atom. The zero-order chi connectivity index (χ0) is 30.3. The number of anilines is 1. The molecule has 0 unspecified atom stereocenters. The number of carbonyl (C=O) groups excluding carboxylic acids is 2. The van der Waals surface area contributed by atoms with Crippen LogP contribution in [0.25, 0.3) is 0 Å². The summed E-state index contributed by atoms with van der Waals surface area (Å²) in [6.45, 7) is 6.98. The molecule has 0 aliphatic carbocycles. The Morgan fingerprint density at radius 3 is 2.43 bits per heavy atom. The molecule has 0 saturated carbocycles. The first kappa shape index (κ1) is 30.0. The van der Waals surface area contributed by atoms with E-state index in [-0.39, 0.29) is 36.3 Å². The number of hydrogen-bond donors (Lipinski definition) is 1. The number of piperidine rings is 1. The van der Waals surface area contributed by atoms with Gasteiger partial charge in [-0.05, 0) is 30.4 Å². The summed E-state index contributed by atoms with van der Waals surface area (Å²) in [5, 5.41) is 9.79. The molecule has 10 nitrogen and oxygen atoms in total. The second-order valence-electron chi connectivity index (χ2n) is 12.0. The number of benzene rings is 2. The Balaban J connectivity index is 1.61. The number of halogens is 1. The predicted molar refractivity (Wildman–Crippen MR) is 155 cm³/mol. The standard InChI is InChI=1S/C31H37ClN2O8/c1-31(2,3)24-16-41-22-14-18(32)13-20-26(22)34(24)29(36)23(15-25(35)33-11-9-17(10-12-33)30(37)38)42-27(20)19-7-6-8-21(39-4)28(19)40-5/h6-8,13-14,17,23-24,27H,9-12,15-16H2,1-5H3,(H,37,38)/t23-,24+,27-/m1/s1. The SMILES string of the molecule is COc1cccc([C@H]2O[C@H](CC(=O)N3CCC(C(=O)O)CC3)C(=O)N3c4c(cc(Cl)cc42)OC[C@H]3C(C)(C)C)c1OC. The highest BCUT2D eigenvalue weighted by atomic mass is 35.5. The lowest BCUT2D eigenvalue weighted by Gasteiger charge is -2.44. The third kappa shape index (κ3) is 5.49.